The molecule has 2 aromatic rings. The summed E-state index contributed by atoms with van der Waals surface area (Å²) in [6.45, 7) is 3.29. The van der Waals surface area contributed by atoms with E-state index in [2.05, 4.69) is 22.4 Å². The van der Waals surface area contributed by atoms with Crippen molar-refractivity contribution in [3.8, 4) is 0 Å². The fraction of sp³-hybridized carbons (Fsp3) is 0.500. The summed E-state index contributed by atoms with van der Waals surface area (Å²) in [5.74, 6) is -0.386. The van der Waals surface area contributed by atoms with E-state index >= 15 is 0 Å². The third-order valence-corrected chi connectivity index (χ3v) is 6.58. The Kier molecular flexibility index (Phi) is 6.60. The van der Waals surface area contributed by atoms with E-state index in [4.69, 9.17) is 4.74 Å². The van der Waals surface area contributed by atoms with Crippen molar-refractivity contribution in [3.63, 3.8) is 0 Å². The lowest BCUT2D eigenvalue weighted by Gasteiger charge is -2.31. The van der Waals surface area contributed by atoms with Crippen molar-refractivity contribution in [1.82, 2.24) is 15.1 Å². The van der Waals surface area contributed by atoms with Crippen molar-refractivity contribution in [2.45, 2.75) is 45.6 Å². The van der Waals surface area contributed by atoms with Gasteiger partial charge in [-0.05, 0) is 49.8 Å². The number of ether oxygens (including phenoxy) is 1. The molecular weight excluding hydrogens is 416 g/mol. The number of nitrogens with zero attached hydrogens (tertiary/aromatic N) is 3. The first kappa shape index (κ1) is 21.4. The van der Waals surface area contributed by atoms with E-state index in [1.54, 1.807) is 0 Å². The highest BCUT2D eigenvalue weighted by molar-refractivity contribution is 7.13. The number of likely N-dealkylation sites (tertiary alicyclic amines) is 1. The Bertz CT molecular complexity index is 947. The van der Waals surface area contributed by atoms with E-state index in [1.165, 1.54) is 5.56 Å². The summed E-state index contributed by atoms with van der Waals surface area (Å²) in [7, 11) is 0. The molecule has 1 N–H and O–H groups in total. The number of rotatable bonds is 7. The van der Waals surface area contributed by atoms with Crippen molar-refractivity contribution in [2.75, 3.05) is 18.4 Å². The highest BCUT2D eigenvalue weighted by Gasteiger charge is 2.36. The third kappa shape index (κ3) is 5.46. The number of amides is 2. The molecule has 1 saturated carbocycles. The quantitative estimate of drug-likeness (QED) is 0.662. The lowest BCUT2D eigenvalue weighted by Crippen LogP contribution is -2.41. The van der Waals surface area contributed by atoms with Gasteiger partial charge < -0.3 is 15.0 Å². The van der Waals surface area contributed by atoms with Gasteiger partial charge in [-0.15, -0.1) is 10.2 Å². The molecule has 2 heterocycles. The molecule has 2 fully saturated rings. The second-order valence-electron chi connectivity index (χ2n) is 7.99. The summed E-state index contributed by atoms with van der Waals surface area (Å²) in [4.78, 5) is 38.7. The predicted molar refractivity (Wildman–Crippen MR) is 116 cm³/mol. The highest BCUT2D eigenvalue weighted by Crippen LogP contribution is 2.32. The van der Waals surface area contributed by atoms with Gasteiger partial charge in [0.2, 0.25) is 10.9 Å². The van der Waals surface area contributed by atoms with E-state index in [9.17, 15) is 14.4 Å². The molecule has 1 aromatic carbocycles. The highest BCUT2D eigenvalue weighted by atomic mass is 32.1. The maximum Gasteiger partial charge on any atom is 0.309 e. The second-order valence-corrected chi connectivity index (χ2v) is 9.05. The van der Waals surface area contributed by atoms with E-state index < -0.39 is 0 Å². The van der Waals surface area contributed by atoms with Gasteiger partial charge in [-0.3, -0.25) is 14.4 Å². The molecule has 2 amide bonds. The Labute approximate surface area is 185 Å². The van der Waals surface area contributed by atoms with Gasteiger partial charge in [0.15, 0.2) is 5.01 Å². The van der Waals surface area contributed by atoms with E-state index in [0.29, 0.717) is 36.6 Å². The largest absolute Gasteiger partial charge is 0.458 e. The number of anilines is 1. The van der Waals surface area contributed by atoms with Gasteiger partial charge in [-0.2, -0.15) is 0 Å². The van der Waals surface area contributed by atoms with Gasteiger partial charge >= 0.3 is 5.97 Å². The monoisotopic (exact) mass is 442 g/mol. The molecule has 1 aliphatic carbocycles. The minimum absolute atomic E-state index is 0.00377. The first-order valence-electron chi connectivity index (χ1n) is 10.7. The van der Waals surface area contributed by atoms with Crippen LogP contribution in [0.15, 0.2) is 24.3 Å². The van der Waals surface area contributed by atoms with Crippen LogP contribution in [0, 0.1) is 11.8 Å². The topological polar surface area (TPSA) is 101 Å². The van der Waals surface area contributed by atoms with Gasteiger partial charge in [0.25, 0.3) is 5.91 Å². The van der Waals surface area contributed by atoms with Crippen LogP contribution in [0.1, 0.15) is 53.0 Å². The molecule has 1 saturated heterocycles. The molecule has 2 aliphatic rings. The number of aryl methyl sites for hydroxylation is 1. The number of esters is 1. The Morgan fingerprint density at radius 1 is 1.06 bits per heavy atom. The molecule has 0 bridgehead atoms. The van der Waals surface area contributed by atoms with Crippen molar-refractivity contribution >= 4 is 34.8 Å². The lowest BCUT2D eigenvalue weighted by atomic mass is 9.97. The Morgan fingerprint density at radius 2 is 1.77 bits per heavy atom. The van der Waals surface area contributed by atoms with Crippen molar-refractivity contribution in [2.24, 2.45) is 11.8 Å². The zero-order valence-electron chi connectivity index (χ0n) is 17.5. The summed E-state index contributed by atoms with van der Waals surface area (Å²) in [5, 5.41) is 11.4. The third-order valence-electron chi connectivity index (χ3n) is 5.69. The molecule has 4 rings (SSSR count). The van der Waals surface area contributed by atoms with E-state index in [-0.39, 0.29) is 41.2 Å². The average Bonchev–Trinajstić information content (AvgIpc) is 3.54. The summed E-state index contributed by atoms with van der Waals surface area (Å²) in [6, 6.07) is 7.63. The van der Waals surface area contributed by atoms with E-state index in [1.807, 2.05) is 29.2 Å². The number of nitrogens with one attached hydrogen (secondary N) is 1. The van der Waals surface area contributed by atoms with Crippen LogP contribution in [0.4, 0.5) is 5.69 Å². The summed E-state index contributed by atoms with van der Waals surface area (Å²) in [6.07, 6.45) is 4.17. The fourth-order valence-electron chi connectivity index (χ4n) is 3.59. The van der Waals surface area contributed by atoms with Crippen molar-refractivity contribution < 1.29 is 19.1 Å². The maximum atomic E-state index is 12.4. The molecule has 8 nitrogen and oxygen atoms in total. The molecule has 0 radical (unpaired) electrons. The molecule has 31 heavy (non-hydrogen) atoms. The Balaban J connectivity index is 1.22. The number of aromatic nitrogens is 2. The number of hydrogen-bond acceptors (Lipinski definition) is 7. The number of carbonyl (C=O) groups is 3. The van der Waals surface area contributed by atoms with E-state index in [0.717, 1.165) is 30.6 Å². The Morgan fingerprint density at radius 3 is 2.42 bits per heavy atom. The summed E-state index contributed by atoms with van der Waals surface area (Å²) < 4.78 is 5.39. The second kappa shape index (κ2) is 9.55. The fourth-order valence-corrected chi connectivity index (χ4v) is 4.23. The van der Waals surface area contributed by atoms with Gasteiger partial charge in [0, 0.05) is 24.7 Å². The number of benzene rings is 1. The SMILES string of the molecule is CCc1ccc(NC(=O)c2nnc(COC(=O)C3CCN(C(=O)C4CC4)CC3)s2)cc1. The van der Waals surface area contributed by atoms with Crippen LogP contribution in [0.5, 0.6) is 0 Å². The van der Waals surface area contributed by atoms with Crippen LogP contribution in [-0.2, 0) is 27.4 Å². The van der Waals surface area contributed by atoms with Crippen LogP contribution in [0.25, 0.3) is 0 Å². The number of piperidine rings is 1. The van der Waals surface area contributed by atoms with Crippen LogP contribution in [0.2, 0.25) is 0 Å². The zero-order chi connectivity index (χ0) is 21.8. The molecule has 0 unspecified atom stereocenters. The van der Waals surface area contributed by atoms with Crippen molar-refractivity contribution in [3.05, 3.63) is 39.8 Å². The Hall–Kier alpha value is -2.81. The minimum atomic E-state index is -0.341. The number of hydrogen-bond donors (Lipinski definition) is 1. The molecule has 0 atom stereocenters. The molecule has 164 valence electrons. The van der Waals surface area contributed by atoms with Gasteiger partial charge in [-0.25, -0.2) is 0 Å². The van der Waals surface area contributed by atoms with Crippen molar-refractivity contribution in [1.29, 1.82) is 0 Å². The molecule has 0 spiro atoms. The van der Waals surface area contributed by atoms with Crippen LogP contribution < -0.4 is 5.32 Å². The molecular formula is C22H26N4O4S. The normalized spacial score (nSPS) is 16.7. The van der Waals surface area contributed by atoms with Gasteiger partial charge in [0.05, 0.1) is 5.92 Å². The van der Waals surface area contributed by atoms with Crippen LogP contribution in [-0.4, -0.2) is 46.0 Å². The average molecular weight is 443 g/mol. The smallest absolute Gasteiger partial charge is 0.309 e. The maximum absolute atomic E-state index is 12.4. The summed E-state index contributed by atoms with van der Waals surface area (Å²) in [5.41, 5.74) is 1.88. The first-order chi connectivity index (χ1) is 15.0. The summed E-state index contributed by atoms with van der Waals surface area (Å²) >= 11 is 1.11. The number of carbonyl (C=O) groups excluding carboxylic acids is 3. The molecule has 9 heteroatoms. The predicted octanol–water partition coefficient (Wildman–Crippen LogP) is 3.04. The van der Waals surface area contributed by atoms with Gasteiger partial charge in [-0.1, -0.05) is 30.4 Å². The minimum Gasteiger partial charge on any atom is -0.458 e. The molecule has 1 aliphatic heterocycles. The standard InChI is InChI=1S/C22H26N4O4S/c1-2-14-3-7-17(8-4-14)23-19(27)20-25-24-18(31-20)13-30-22(29)16-9-11-26(12-10-16)21(28)15-5-6-15/h3-4,7-8,15-16H,2,5-6,9-13H2,1H3,(H,23,27). The lowest BCUT2D eigenvalue weighted by molar-refractivity contribution is -0.153. The zero-order valence-corrected chi connectivity index (χ0v) is 18.3. The molecule has 1 aromatic heterocycles. The van der Waals surface area contributed by atoms with Gasteiger partial charge in [0.1, 0.15) is 6.61 Å². The van der Waals surface area contributed by atoms with Crippen LogP contribution >= 0.6 is 11.3 Å². The first-order valence-corrected chi connectivity index (χ1v) is 11.5. The van der Waals surface area contributed by atoms with Crippen LogP contribution in [0.3, 0.4) is 0 Å².